The first kappa shape index (κ1) is 13.3. The number of aromatic nitrogens is 2. The van der Waals surface area contributed by atoms with Crippen LogP contribution < -0.4 is 0 Å². The number of carbonyl (C=O) groups is 1. The molecule has 0 amide bonds. The first-order chi connectivity index (χ1) is 8.97. The number of nitrogens with zero attached hydrogens (tertiary/aromatic N) is 2. The second-order valence-corrected chi connectivity index (χ2v) is 4.72. The van der Waals surface area contributed by atoms with Gasteiger partial charge in [-0.3, -0.25) is 0 Å². The molecule has 0 atom stereocenters. The molecule has 0 fully saturated rings. The van der Waals surface area contributed by atoms with Crippen LogP contribution in [0.3, 0.4) is 0 Å². The monoisotopic (exact) mass is 262 g/mol. The van der Waals surface area contributed by atoms with Gasteiger partial charge in [0.2, 0.25) is 0 Å². The maximum atomic E-state index is 13.4. The number of benzene rings is 1. The lowest BCUT2D eigenvalue weighted by atomic mass is 10.1. The fourth-order valence-corrected chi connectivity index (χ4v) is 2.02. The topological polar surface area (TPSA) is 55.1 Å². The van der Waals surface area contributed by atoms with E-state index in [2.05, 4.69) is 4.98 Å². The molecule has 0 aliphatic carbocycles. The van der Waals surface area contributed by atoms with Crippen molar-refractivity contribution in [3.8, 4) is 0 Å². The van der Waals surface area contributed by atoms with Crippen molar-refractivity contribution in [2.45, 2.75) is 26.3 Å². The van der Waals surface area contributed by atoms with E-state index >= 15 is 0 Å². The Bertz CT molecular complexity index is 605. The summed E-state index contributed by atoms with van der Waals surface area (Å²) >= 11 is 0. The normalized spacial score (nSPS) is 10.9. The van der Waals surface area contributed by atoms with Crippen LogP contribution in [-0.4, -0.2) is 20.6 Å². The summed E-state index contributed by atoms with van der Waals surface area (Å²) < 4.78 is 15.3. The van der Waals surface area contributed by atoms with Gasteiger partial charge in [0.25, 0.3) is 0 Å². The quantitative estimate of drug-likeness (QED) is 0.921. The standard InChI is InChI=1S/C14H15FN2O2/c1-9(2)13-16-3-4-17(13)8-10-5-11(14(18)19)7-12(15)6-10/h3-7,9H,8H2,1-2H3,(H,18,19). The van der Waals surface area contributed by atoms with Gasteiger partial charge in [-0.15, -0.1) is 0 Å². The molecule has 0 saturated heterocycles. The van der Waals surface area contributed by atoms with Crippen LogP contribution in [0.5, 0.6) is 0 Å². The molecule has 1 N–H and O–H groups in total. The van der Waals surface area contributed by atoms with Gasteiger partial charge in [0.05, 0.1) is 5.56 Å². The SMILES string of the molecule is CC(C)c1nccn1Cc1cc(F)cc(C(=O)O)c1. The summed E-state index contributed by atoms with van der Waals surface area (Å²) in [6.07, 6.45) is 3.49. The third-order valence-electron chi connectivity index (χ3n) is 2.82. The minimum absolute atomic E-state index is 0.0405. The lowest BCUT2D eigenvalue weighted by molar-refractivity contribution is 0.0696. The minimum atomic E-state index is -1.13. The van der Waals surface area contributed by atoms with Crippen LogP contribution in [0.1, 0.15) is 41.5 Å². The number of rotatable bonds is 4. The van der Waals surface area contributed by atoms with Crippen molar-refractivity contribution >= 4 is 5.97 Å². The molecule has 4 nitrogen and oxygen atoms in total. The molecule has 0 spiro atoms. The Kier molecular flexibility index (Phi) is 3.64. The van der Waals surface area contributed by atoms with E-state index in [1.165, 1.54) is 12.1 Å². The van der Waals surface area contributed by atoms with Crippen LogP contribution in [-0.2, 0) is 6.54 Å². The van der Waals surface area contributed by atoms with Gasteiger partial charge >= 0.3 is 5.97 Å². The Balaban J connectivity index is 2.33. The summed E-state index contributed by atoms with van der Waals surface area (Å²) in [6.45, 7) is 4.45. The van der Waals surface area contributed by atoms with Gasteiger partial charge in [0.15, 0.2) is 0 Å². The fraction of sp³-hybridized carbons (Fsp3) is 0.286. The largest absolute Gasteiger partial charge is 0.478 e. The second kappa shape index (κ2) is 5.22. The molecular weight excluding hydrogens is 247 g/mol. The van der Waals surface area contributed by atoms with Crippen LogP contribution in [0, 0.1) is 5.82 Å². The van der Waals surface area contributed by atoms with Gasteiger partial charge < -0.3 is 9.67 Å². The van der Waals surface area contributed by atoms with Crippen molar-refractivity contribution in [1.29, 1.82) is 0 Å². The number of hydrogen-bond acceptors (Lipinski definition) is 2. The first-order valence-corrected chi connectivity index (χ1v) is 6.01. The van der Waals surface area contributed by atoms with E-state index in [1.54, 1.807) is 12.4 Å². The van der Waals surface area contributed by atoms with E-state index in [4.69, 9.17) is 5.11 Å². The zero-order valence-electron chi connectivity index (χ0n) is 10.8. The Hall–Kier alpha value is -2.17. The van der Waals surface area contributed by atoms with Gasteiger partial charge in [-0.1, -0.05) is 13.8 Å². The zero-order chi connectivity index (χ0) is 14.0. The highest BCUT2D eigenvalue weighted by atomic mass is 19.1. The van der Waals surface area contributed by atoms with Crippen LogP contribution in [0.4, 0.5) is 4.39 Å². The molecule has 0 aliphatic rings. The van der Waals surface area contributed by atoms with Crippen LogP contribution in [0.15, 0.2) is 30.6 Å². The van der Waals surface area contributed by atoms with Crippen molar-refractivity contribution in [3.05, 3.63) is 53.4 Å². The lowest BCUT2D eigenvalue weighted by Crippen LogP contribution is -2.07. The number of carboxylic acids is 1. The second-order valence-electron chi connectivity index (χ2n) is 4.72. The van der Waals surface area contributed by atoms with Gasteiger partial charge in [-0.2, -0.15) is 0 Å². The Labute approximate surface area is 110 Å². The number of aromatic carboxylic acids is 1. The molecule has 5 heteroatoms. The van der Waals surface area contributed by atoms with Gasteiger partial charge in [-0.25, -0.2) is 14.2 Å². The van der Waals surface area contributed by atoms with Crippen LogP contribution in [0.25, 0.3) is 0 Å². The number of hydrogen-bond donors (Lipinski definition) is 1. The highest BCUT2D eigenvalue weighted by molar-refractivity contribution is 5.87. The molecule has 0 aliphatic heterocycles. The van der Waals surface area contributed by atoms with Crippen LogP contribution >= 0.6 is 0 Å². The molecule has 0 saturated carbocycles. The average Bonchev–Trinajstić information content (AvgIpc) is 2.76. The van der Waals surface area contributed by atoms with E-state index in [9.17, 15) is 9.18 Å². The average molecular weight is 262 g/mol. The number of halogens is 1. The van der Waals surface area contributed by atoms with E-state index in [0.29, 0.717) is 12.1 Å². The molecule has 1 heterocycles. The van der Waals surface area contributed by atoms with E-state index < -0.39 is 11.8 Å². The third-order valence-corrected chi connectivity index (χ3v) is 2.82. The highest BCUT2D eigenvalue weighted by Crippen LogP contribution is 2.16. The van der Waals surface area contributed by atoms with Crippen molar-refractivity contribution in [1.82, 2.24) is 9.55 Å². The Morgan fingerprint density at radius 2 is 2.16 bits per heavy atom. The summed E-state index contributed by atoms with van der Waals surface area (Å²) in [5.74, 6) is -0.528. The van der Waals surface area contributed by atoms with Crippen molar-refractivity contribution in [2.24, 2.45) is 0 Å². The van der Waals surface area contributed by atoms with Gasteiger partial charge in [0.1, 0.15) is 11.6 Å². The number of carboxylic acid groups (broad SMARTS) is 1. The predicted molar refractivity (Wildman–Crippen MR) is 68.8 cm³/mol. The summed E-state index contributed by atoms with van der Waals surface area (Å²) in [5, 5.41) is 8.92. The van der Waals surface area contributed by atoms with Gasteiger partial charge in [-0.05, 0) is 23.8 Å². The fourth-order valence-electron chi connectivity index (χ4n) is 2.02. The summed E-state index contributed by atoms with van der Waals surface area (Å²) in [6, 6.07) is 3.84. The molecule has 19 heavy (non-hydrogen) atoms. The van der Waals surface area contributed by atoms with E-state index in [-0.39, 0.29) is 11.5 Å². The minimum Gasteiger partial charge on any atom is -0.478 e. The number of imidazole rings is 1. The molecule has 0 bridgehead atoms. The third kappa shape index (κ3) is 2.99. The van der Waals surface area contributed by atoms with Crippen molar-refractivity contribution in [2.75, 3.05) is 0 Å². The molecule has 100 valence electrons. The van der Waals surface area contributed by atoms with Crippen LogP contribution in [0.2, 0.25) is 0 Å². The molecule has 1 aromatic heterocycles. The molecule has 0 unspecified atom stereocenters. The maximum absolute atomic E-state index is 13.4. The highest BCUT2D eigenvalue weighted by Gasteiger charge is 2.10. The first-order valence-electron chi connectivity index (χ1n) is 6.01. The molecule has 1 aromatic carbocycles. The Morgan fingerprint density at radius 1 is 1.42 bits per heavy atom. The summed E-state index contributed by atoms with van der Waals surface area (Å²) in [4.78, 5) is 15.1. The van der Waals surface area contributed by atoms with E-state index in [0.717, 1.165) is 11.9 Å². The summed E-state index contributed by atoms with van der Waals surface area (Å²) in [7, 11) is 0. The van der Waals surface area contributed by atoms with Crippen molar-refractivity contribution < 1.29 is 14.3 Å². The molecule has 0 radical (unpaired) electrons. The summed E-state index contributed by atoms with van der Waals surface area (Å²) in [5.41, 5.74) is 0.568. The molecule has 2 aromatic rings. The lowest BCUT2D eigenvalue weighted by Gasteiger charge is -2.11. The Morgan fingerprint density at radius 3 is 2.79 bits per heavy atom. The zero-order valence-corrected chi connectivity index (χ0v) is 10.8. The molecular formula is C14H15FN2O2. The predicted octanol–water partition coefficient (Wildman–Crippen LogP) is 2.89. The molecule has 2 rings (SSSR count). The maximum Gasteiger partial charge on any atom is 0.335 e. The van der Waals surface area contributed by atoms with Gasteiger partial charge in [0, 0.05) is 24.9 Å². The van der Waals surface area contributed by atoms with Crippen molar-refractivity contribution in [3.63, 3.8) is 0 Å². The van der Waals surface area contributed by atoms with E-state index in [1.807, 2.05) is 18.4 Å². The smallest absolute Gasteiger partial charge is 0.335 e.